The van der Waals surface area contributed by atoms with E-state index in [1.54, 1.807) is 30.2 Å². The maximum absolute atomic E-state index is 13.0. The summed E-state index contributed by atoms with van der Waals surface area (Å²) >= 11 is 6.15. The van der Waals surface area contributed by atoms with Crippen molar-refractivity contribution in [3.05, 3.63) is 53.1 Å². The summed E-state index contributed by atoms with van der Waals surface area (Å²) < 4.78 is 5.14. The minimum absolute atomic E-state index is 0.254. The monoisotopic (exact) mass is 357 g/mol. The highest BCUT2D eigenvalue weighted by Crippen LogP contribution is 2.28. The first-order chi connectivity index (χ1) is 12.1. The van der Waals surface area contributed by atoms with E-state index in [4.69, 9.17) is 16.3 Å². The van der Waals surface area contributed by atoms with Crippen molar-refractivity contribution in [2.75, 3.05) is 23.9 Å². The Balaban J connectivity index is 1.90. The molecule has 1 N–H and O–H groups in total. The number of halogens is 1. The number of aliphatic imine (C=N–C) groups is 1. The lowest BCUT2D eigenvalue weighted by Crippen LogP contribution is -2.39. The van der Waals surface area contributed by atoms with Gasteiger partial charge in [0.2, 0.25) is 0 Å². The molecular formula is C19H20ClN3O2. The molecule has 0 spiro atoms. The van der Waals surface area contributed by atoms with Crippen LogP contribution >= 0.6 is 11.6 Å². The largest absolute Gasteiger partial charge is 0.495 e. The van der Waals surface area contributed by atoms with Crippen LogP contribution in [0.4, 0.5) is 16.2 Å². The van der Waals surface area contributed by atoms with E-state index in [9.17, 15) is 4.79 Å². The van der Waals surface area contributed by atoms with Crippen molar-refractivity contribution in [3.63, 3.8) is 0 Å². The van der Waals surface area contributed by atoms with Gasteiger partial charge in [-0.1, -0.05) is 29.8 Å². The smallest absolute Gasteiger partial charge is 0.331 e. The Kier molecular flexibility index (Phi) is 5.24. The quantitative estimate of drug-likeness (QED) is 0.850. The van der Waals surface area contributed by atoms with Crippen LogP contribution in [0.3, 0.4) is 0 Å². The van der Waals surface area contributed by atoms with E-state index >= 15 is 0 Å². The third-order valence-corrected chi connectivity index (χ3v) is 4.37. The molecule has 0 unspecified atom stereocenters. The minimum Gasteiger partial charge on any atom is -0.495 e. The molecule has 25 heavy (non-hydrogen) atoms. The fraction of sp³-hybridized carbons (Fsp3) is 0.263. The number of urea groups is 1. The normalized spacial score (nSPS) is 13.3. The Morgan fingerprint density at radius 1 is 1.28 bits per heavy atom. The molecule has 1 heterocycles. The van der Waals surface area contributed by atoms with Gasteiger partial charge in [-0.2, -0.15) is 0 Å². The van der Waals surface area contributed by atoms with Crippen molar-refractivity contribution in [3.8, 4) is 5.75 Å². The van der Waals surface area contributed by atoms with E-state index in [-0.39, 0.29) is 6.03 Å². The number of nitrogens with one attached hydrogen (secondary N) is 1. The van der Waals surface area contributed by atoms with E-state index in [2.05, 4.69) is 10.3 Å². The zero-order valence-corrected chi connectivity index (χ0v) is 15.0. The molecule has 2 aromatic rings. The maximum Gasteiger partial charge on any atom is 0.331 e. The summed E-state index contributed by atoms with van der Waals surface area (Å²) in [6.45, 7) is 2.73. The van der Waals surface area contributed by atoms with E-state index < -0.39 is 0 Å². The number of carbonyl (C=O) groups is 1. The predicted octanol–water partition coefficient (Wildman–Crippen LogP) is 4.89. The fourth-order valence-corrected chi connectivity index (χ4v) is 3.07. The molecule has 0 radical (unpaired) electrons. The molecule has 0 atom stereocenters. The number of hydrogen-bond donors (Lipinski definition) is 1. The van der Waals surface area contributed by atoms with Gasteiger partial charge < -0.3 is 10.1 Å². The summed E-state index contributed by atoms with van der Waals surface area (Å²) in [6.07, 6.45) is 1.74. The van der Waals surface area contributed by atoms with Crippen molar-refractivity contribution in [2.45, 2.75) is 19.8 Å². The van der Waals surface area contributed by atoms with Crippen LogP contribution in [0.15, 0.2) is 47.5 Å². The molecule has 0 fully saturated rings. The molecular weight excluding hydrogens is 338 g/mol. The molecule has 1 aliphatic heterocycles. The number of methoxy groups -OCH3 is 1. The van der Waals surface area contributed by atoms with Crippen LogP contribution in [-0.4, -0.2) is 25.5 Å². The molecule has 0 aromatic heterocycles. The summed E-state index contributed by atoms with van der Waals surface area (Å²) in [5, 5.41) is 3.35. The molecule has 0 aliphatic carbocycles. The van der Waals surface area contributed by atoms with E-state index in [0.717, 1.165) is 36.5 Å². The lowest BCUT2D eigenvalue weighted by molar-refractivity contribution is 0.259. The van der Waals surface area contributed by atoms with Crippen LogP contribution in [-0.2, 0) is 0 Å². The number of carbonyl (C=O) groups excluding carboxylic acids is 1. The van der Waals surface area contributed by atoms with Gasteiger partial charge in [0, 0.05) is 18.7 Å². The zero-order chi connectivity index (χ0) is 17.8. The van der Waals surface area contributed by atoms with Crippen LogP contribution in [0.2, 0.25) is 5.02 Å². The number of aryl methyl sites for hydroxylation is 1. The molecule has 0 saturated carbocycles. The Labute approximate surface area is 152 Å². The molecule has 6 heteroatoms. The molecule has 3 rings (SSSR count). The second-order valence-corrected chi connectivity index (χ2v) is 6.21. The van der Waals surface area contributed by atoms with Crippen molar-refractivity contribution >= 4 is 34.8 Å². The number of anilines is 2. The number of hydrogen-bond acceptors (Lipinski definition) is 3. The van der Waals surface area contributed by atoms with Gasteiger partial charge in [0.15, 0.2) is 0 Å². The van der Waals surface area contributed by atoms with E-state index in [1.165, 1.54) is 0 Å². The molecule has 2 aromatic carbocycles. The van der Waals surface area contributed by atoms with Gasteiger partial charge >= 0.3 is 6.03 Å². The van der Waals surface area contributed by atoms with Crippen molar-refractivity contribution < 1.29 is 9.53 Å². The summed E-state index contributed by atoms with van der Waals surface area (Å²) in [4.78, 5) is 19.1. The number of nitrogens with zero attached hydrogens (tertiary/aromatic N) is 2. The zero-order valence-electron chi connectivity index (χ0n) is 14.3. The molecule has 2 amide bonds. The average Bonchev–Trinajstić information content (AvgIpc) is 3.11. The van der Waals surface area contributed by atoms with Crippen molar-refractivity contribution in [1.82, 2.24) is 0 Å². The second kappa shape index (κ2) is 7.57. The third-order valence-electron chi connectivity index (χ3n) is 4.07. The highest BCUT2D eigenvalue weighted by Gasteiger charge is 2.25. The van der Waals surface area contributed by atoms with Gasteiger partial charge in [-0.25, -0.2) is 4.79 Å². The number of amides is 2. The SMILES string of the molecule is COc1ccc(NC(=O)N(C2=NCCC2)c2ccccc2C)cc1Cl. The number of rotatable bonds is 3. The number of benzene rings is 2. The number of ether oxygens (including phenoxy) is 1. The van der Waals surface area contributed by atoms with Gasteiger partial charge in [0.1, 0.15) is 11.6 Å². The lowest BCUT2D eigenvalue weighted by Gasteiger charge is -2.24. The summed E-state index contributed by atoms with van der Waals surface area (Å²) in [5.41, 5.74) is 2.45. The molecule has 130 valence electrons. The highest BCUT2D eigenvalue weighted by atomic mass is 35.5. The number of amidine groups is 1. The van der Waals surface area contributed by atoms with Gasteiger partial charge in [-0.15, -0.1) is 0 Å². The standard InChI is InChI=1S/C19H20ClN3O2/c1-13-6-3-4-7-16(13)23(18-8-5-11-21-18)19(24)22-14-9-10-17(25-2)15(20)12-14/h3-4,6-7,9-10,12H,5,8,11H2,1-2H3,(H,22,24). The Hall–Kier alpha value is -2.53. The third kappa shape index (κ3) is 3.77. The molecule has 0 bridgehead atoms. The molecule has 5 nitrogen and oxygen atoms in total. The van der Waals surface area contributed by atoms with Gasteiger partial charge in [0.25, 0.3) is 0 Å². The first kappa shape index (κ1) is 17.3. The van der Waals surface area contributed by atoms with Gasteiger partial charge in [-0.05, 0) is 43.2 Å². The van der Waals surface area contributed by atoms with Crippen LogP contribution < -0.4 is 15.0 Å². The van der Waals surface area contributed by atoms with Gasteiger partial charge in [0.05, 0.1) is 17.8 Å². The Morgan fingerprint density at radius 3 is 2.72 bits per heavy atom. The van der Waals surface area contributed by atoms with Crippen molar-refractivity contribution in [1.29, 1.82) is 0 Å². The lowest BCUT2D eigenvalue weighted by atomic mass is 10.1. The summed E-state index contributed by atoms with van der Waals surface area (Å²) in [7, 11) is 1.55. The van der Waals surface area contributed by atoms with Gasteiger partial charge in [-0.3, -0.25) is 9.89 Å². The predicted molar refractivity (Wildman–Crippen MR) is 102 cm³/mol. The summed E-state index contributed by atoms with van der Waals surface area (Å²) in [5.74, 6) is 1.35. The summed E-state index contributed by atoms with van der Waals surface area (Å²) in [6, 6.07) is 12.7. The molecule has 1 aliphatic rings. The van der Waals surface area contributed by atoms with Crippen LogP contribution in [0.5, 0.6) is 5.75 Å². The Bertz CT molecular complexity index is 820. The van der Waals surface area contributed by atoms with E-state index in [1.807, 2.05) is 31.2 Å². The maximum atomic E-state index is 13.0. The van der Waals surface area contributed by atoms with Crippen LogP contribution in [0.1, 0.15) is 18.4 Å². The minimum atomic E-state index is -0.254. The average molecular weight is 358 g/mol. The van der Waals surface area contributed by atoms with Crippen LogP contribution in [0, 0.1) is 6.92 Å². The highest BCUT2D eigenvalue weighted by molar-refractivity contribution is 6.32. The van der Waals surface area contributed by atoms with E-state index in [0.29, 0.717) is 16.5 Å². The Morgan fingerprint density at radius 2 is 2.08 bits per heavy atom. The first-order valence-corrected chi connectivity index (χ1v) is 8.51. The first-order valence-electron chi connectivity index (χ1n) is 8.14. The van der Waals surface area contributed by atoms with Crippen LogP contribution in [0.25, 0.3) is 0 Å². The second-order valence-electron chi connectivity index (χ2n) is 5.80. The fourth-order valence-electron chi connectivity index (χ4n) is 2.81. The molecule has 0 saturated heterocycles. The number of para-hydroxylation sites is 1. The topological polar surface area (TPSA) is 53.9 Å². The van der Waals surface area contributed by atoms with Crippen molar-refractivity contribution in [2.24, 2.45) is 4.99 Å².